The molecular formula is C14H22N2O. The molecule has 2 fully saturated rings. The molecule has 0 saturated heterocycles. The van der Waals surface area contributed by atoms with Crippen LogP contribution in [0.1, 0.15) is 65.1 Å². The molecule has 0 aliphatic heterocycles. The smallest absolute Gasteiger partial charge is 0.232 e. The third kappa shape index (κ3) is 1.54. The molecular weight excluding hydrogens is 212 g/mol. The molecule has 1 aromatic heterocycles. The van der Waals surface area contributed by atoms with Gasteiger partial charge in [-0.3, -0.25) is 0 Å². The molecule has 0 amide bonds. The summed E-state index contributed by atoms with van der Waals surface area (Å²) >= 11 is 0. The molecule has 0 N–H and O–H groups in total. The molecule has 2 aliphatic rings. The molecule has 1 aromatic rings. The number of hydrogen-bond acceptors (Lipinski definition) is 3. The number of aromatic nitrogens is 2. The third-order valence-corrected chi connectivity index (χ3v) is 4.87. The van der Waals surface area contributed by atoms with Crippen LogP contribution in [0, 0.1) is 17.3 Å². The van der Waals surface area contributed by atoms with Gasteiger partial charge in [0.05, 0.1) is 0 Å². The van der Waals surface area contributed by atoms with Gasteiger partial charge >= 0.3 is 0 Å². The van der Waals surface area contributed by atoms with E-state index >= 15 is 0 Å². The highest BCUT2D eigenvalue weighted by molar-refractivity contribution is 5.23. The van der Waals surface area contributed by atoms with Crippen LogP contribution in [0.5, 0.6) is 0 Å². The lowest BCUT2D eigenvalue weighted by Gasteiger charge is -2.04. The van der Waals surface area contributed by atoms with E-state index in [9.17, 15) is 0 Å². The predicted molar refractivity (Wildman–Crippen MR) is 65.7 cm³/mol. The lowest BCUT2D eigenvalue weighted by Crippen LogP contribution is -2.00. The van der Waals surface area contributed by atoms with E-state index in [4.69, 9.17) is 4.52 Å². The molecule has 2 atom stereocenters. The van der Waals surface area contributed by atoms with Gasteiger partial charge < -0.3 is 4.52 Å². The minimum absolute atomic E-state index is 0.192. The summed E-state index contributed by atoms with van der Waals surface area (Å²) in [5.41, 5.74) is 0.525. The minimum atomic E-state index is 0.192. The fourth-order valence-corrected chi connectivity index (χ4v) is 3.42. The average Bonchev–Trinajstić information content (AvgIpc) is 3.02. The van der Waals surface area contributed by atoms with Gasteiger partial charge in [-0.2, -0.15) is 4.98 Å². The van der Waals surface area contributed by atoms with Crippen LogP contribution < -0.4 is 0 Å². The van der Waals surface area contributed by atoms with Crippen LogP contribution in [0.4, 0.5) is 0 Å². The molecule has 0 unspecified atom stereocenters. The summed E-state index contributed by atoms with van der Waals surface area (Å²) in [6, 6.07) is 0. The molecule has 3 rings (SSSR count). The van der Waals surface area contributed by atoms with Gasteiger partial charge in [-0.15, -0.1) is 0 Å². The van der Waals surface area contributed by atoms with Crippen molar-refractivity contribution in [2.75, 3.05) is 0 Å². The van der Waals surface area contributed by atoms with Gasteiger partial charge in [-0.25, -0.2) is 0 Å². The van der Waals surface area contributed by atoms with Crippen LogP contribution in [0.15, 0.2) is 4.52 Å². The van der Waals surface area contributed by atoms with Gasteiger partial charge in [-0.1, -0.05) is 39.8 Å². The van der Waals surface area contributed by atoms with E-state index in [1.165, 1.54) is 12.8 Å². The highest BCUT2D eigenvalue weighted by Crippen LogP contribution is 2.66. The Morgan fingerprint density at radius 3 is 2.35 bits per heavy atom. The first-order valence-electron chi connectivity index (χ1n) is 6.70. The van der Waals surface area contributed by atoms with Gasteiger partial charge in [0, 0.05) is 11.3 Å². The monoisotopic (exact) mass is 234 g/mol. The van der Waals surface area contributed by atoms with E-state index in [0.29, 0.717) is 23.2 Å². The van der Waals surface area contributed by atoms with Crippen molar-refractivity contribution in [2.45, 2.75) is 58.8 Å². The van der Waals surface area contributed by atoms with Crippen LogP contribution in [0.3, 0.4) is 0 Å². The van der Waals surface area contributed by atoms with Crippen LogP contribution in [0.2, 0.25) is 0 Å². The zero-order valence-electron chi connectivity index (χ0n) is 11.4. The Bertz CT molecular complexity index is 443. The zero-order chi connectivity index (χ0) is 12.4. The molecule has 17 heavy (non-hydrogen) atoms. The van der Waals surface area contributed by atoms with Crippen LogP contribution in [-0.2, 0) is 5.41 Å². The SMILES string of the molecule is CC(C)[C@@H]1[C@@H](c2noc(C3(C)CC3)n2)C1(C)C. The predicted octanol–water partition coefficient (Wildman–Crippen LogP) is 3.52. The highest BCUT2D eigenvalue weighted by Gasteiger charge is 2.61. The number of rotatable bonds is 3. The summed E-state index contributed by atoms with van der Waals surface area (Å²) in [4.78, 5) is 4.66. The fraction of sp³-hybridized carbons (Fsp3) is 0.857. The Morgan fingerprint density at radius 2 is 1.88 bits per heavy atom. The van der Waals surface area contributed by atoms with Gasteiger partial charge in [0.25, 0.3) is 0 Å². The summed E-state index contributed by atoms with van der Waals surface area (Å²) in [5.74, 6) is 3.67. The largest absolute Gasteiger partial charge is 0.339 e. The highest BCUT2D eigenvalue weighted by atomic mass is 16.5. The fourth-order valence-electron chi connectivity index (χ4n) is 3.42. The lowest BCUT2D eigenvalue weighted by molar-refractivity contribution is 0.348. The van der Waals surface area contributed by atoms with E-state index in [-0.39, 0.29) is 5.41 Å². The first kappa shape index (κ1) is 11.2. The summed E-state index contributed by atoms with van der Waals surface area (Å²) in [5, 5.41) is 4.23. The van der Waals surface area contributed by atoms with Crippen molar-refractivity contribution in [2.24, 2.45) is 17.3 Å². The van der Waals surface area contributed by atoms with Crippen LogP contribution in [0.25, 0.3) is 0 Å². The van der Waals surface area contributed by atoms with E-state index in [2.05, 4.69) is 44.8 Å². The molecule has 1 heterocycles. The van der Waals surface area contributed by atoms with Gasteiger partial charge in [0.15, 0.2) is 5.82 Å². The van der Waals surface area contributed by atoms with E-state index in [1.54, 1.807) is 0 Å². The molecule has 94 valence electrons. The maximum absolute atomic E-state index is 5.45. The number of nitrogens with zero attached hydrogens (tertiary/aromatic N) is 2. The summed E-state index contributed by atoms with van der Waals surface area (Å²) in [6.07, 6.45) is 2.38. The second-order valence-electron chi connectivity index (χ2n) is 7.09. The zero-order valence-corrected chi connectivity index (χ0v) is 11.4. The lowest BCUT2D eigenvalue weighted by atomic mass is 10.0. The van der Waals surface area contributed by atoms with Crippen molar-refractivity contribution in [3.05, 3.63) is 11.7 Å². The average molecular weight is 234 g/mol. The van der Waals surface area contributed by atoms with E-state index < -0.39 is 0 Å². The first-order valence-corrected chi connectivity index (χ1v) is 6.70. The van der Waals surface area contributed by atoms with Crippen LogP contribution >= 0.6 is 0 Å². The first-order chi connectivity index (χ1) is 7.86. The molecule has 2 saturated carbocycles. The molecule has 0 spiro atoms. The van der Waals surface area contributed by atoms with Gasteiger partial charge in [-0.05, 0) is 30.1 Å². The van der Waals surface area contributed by atoms with Crippen molar-refractivity contribution in [3.8, 4) is 0 Å². The number of hydrogen-bond donors (Lipinski definition) is 0. The summed E-state index contributed by atoms with van der Waals surface area (Å²) in [7, 11) is 0. The van der Waals surface area contributed by atoms with E-state index in [0.717, 1.165) is 11.7 Å². The Kier molecular flexibility index (Phi) is 2.06. The Hall–Kier alpha value is -0.860. The Morgan fingerprint density at radius 1 is 1.24 bits per heavy atom. The van der Waals surface area contributed by atoms with Crippen molar-refractivity contribution in [1.82, 2.24) is 10.1 Å². The quantitative estimate of drug-likeness (QED) is 0.803. The Balaban J connectivity index is 1.84. The van der Waals surface area contributed by atoms with E-state index in [1.807, 2.05) is 0 Å². The van der Waals surface area contributed by atoms with Crippen molar-refractivity contribution in [1.29, 1.82) is 0 Å². The second-order valence-corrected chi connectivity index (χ2v) is 7.09. The molecule has 0 radical (unpaired) electrons. The maximum atomic E-state index is 5.45. The molecule has 0 bridgehead atoms. The minimum Gasteiger partial charge on any atom is -0.339 e. The molecule has 3 heteroatoms. The summed E-state index contributed by atoms with van der Waals surface area (Å²) < 4.78 is 5.45. The van der Waals surface area contributed by atoms with Crippen molar-refractivity contribution in [3.63, 3.8) is 0 Å². The molecule has 0 aromatic carbocycles. The second kappa shape index (κ2) is 3.12. The van der Waals surface area contributed by atoms with Gasteiger partial charge in [0.1, 0.15) is 0 Å². The molecule has 2 aliphatic carbocycles. The third-order valence-electron chi connectivity index (χ3n) is 4.87. The Labute approximate surface area is 103 Å². The maximum Gasteiger partial charge on any atom is 0.232 e. The normalized spacial score (nSPS) is 32.8. The van der Waals surface area contributed by atoms with Gasteiger partial charge in [0.2, 0.25) is 5.89 Å². The van der Waals surface area contributed by atoms with Crippen molar-refractivity contribution >= 4 is 0 Å². The summed E-state index contributed by atoms with van der Waals surface area (Å²) in [6.45, 7) is 11.4. The molecule has 3 nitrogen and oxygen atoms in total. The van der Waals surface area contributed by atoms with Crippen LogP contribution in [-0.4, -0.2) is 10.1 Å². The van der Waals surface area contributed by atoms with Crippen molar-refractivity contribution < 1.29 is 4.52 Å². The standard InChI is InChI=1S/C14H22N2O/c1-8(2)9-10(13(9,3)4)11-15-12(17-16-11)14(5)6-7-14/h8-10H,6-7H2,1-5H3/t9-,10+/m1/s1. The topological polar surface area (TPSA) is 38.9 Å².